The number of unbranched alkanes of at least 4 members (excludes halogenated alkanes) is 1. The number of rotatable bonds is 3. The molecule has 0 aliphatic carbocycles. The van der Waals surface area contributed by atoms with E-state index in [0.29, 0.717) is 5.39 Å². The SMILES string of the molecule is CCCCc1oc(=O)c2ccc(C)cc2c1Br. The maximum Gasteiger partial charge on any atom is 0.343 e. The third kappa shape index (κ3) is 2.44. The predicted octanol–water partition coefficient (Wildman–Crippen LogP) is 4.21. The van der Waals surface area contributed by atoms with Crippen LogP contribution in [-0.2, 0) is 6.42 Å². The zero-order valence-corrected chi connectivity index (χ0v) is 11.6. The van der Waals surface area contributed by atoms with Crippen molar-refractivity contribution in [2.45, 2.75) is 33.1 Å². The lowest BCUT2D eigenvalue weighted by atomic mass is 10.1. The lowest BCUT2D eigenvalue weighted by Gasteiger charge is -2.06. The van der Waals surface area contributed by atoms with Crippen molar-refractivity contribution < 1.29 is 4.42 Å². The molecule has 0 fully saturated rings. The summed E-state index contributed by atoms with van der Waals surface area (Å²) in [6, 6.07) is 5.77. The second kappa shape index (κ2) is 5.05. The minimum atomic E-state index is -0.241. The van der Waals surface area contributed by atoms with Gasteiger partial charge in [0.15, 0.2) is 0 Å². The minimum absolute atomic E-state index is 0.241. The highest BCUT2D eigenvalue weighted by molar-refractivity contribution is 9.10. The van der Waals surface area contributed by atoms with Crippen molar-refractivity contribution in [1.82, 2.24) is 0 Å². The number of halogens is 1. The Morgan fingerprint density at radius 2 is 2.06 bits per heavy atom. The van der Waals surface area contributed by atoms with E-state index >= 15 is 0 Å². The molecule has 17 heavy (non-hydrogen) atoms. The molecule has 0 aliphatic rings. The van der Waals surface area contributed by atoms with E-state index in [9.17, 15) is 4.79 Å². The van der Waals surface area contributed by atoms with Gasteiger partial charge in [0.2, 0.25) is 0 Å². The summed E-state index contributed by atoms with van der Waals surface area (Å²) in [5.41, 5.74) is 0.902. The van der Waals surface area contributed by atoms with Crippen LogP contribution in [0.3, 0.4) is 0 Å². The maximum absolute atomic E-state index is 11.8. The van der Waals surface area contributed by atoms with Crippen LogP contribution in [0.5, 0.6) is 0 Å². The summed E-state index contributed by atoms with van der Waals surface area (Å²) >= 11 is 3.55. The van der Waals surface area contributed by atoms with Crippen LogP contribution < -0.4 is 5.63 Å². The van der Waals surface area contributed by atoms with Gasteiger partial charge < -0.3 is 4.42 Å². The first-order chi connectivity index (χ1) is 8.13. The Morgan fingerprint density at radius 1 is 1.29 bits per heavy atom. The number of aryl methyl sites for hydroxylation is 2. The van der Waals surface area contributed by atoms with Crippen molar-refractivity contribution in [3.8, 4) is 0 Å². The van der Waals surface area contributed by atoms with Gasteiger partial charge in [-0.2, -0.15) is 0 Å². The fourth-order valence-corrected chi connectivity index (χ4v) is 2.48. The Morgan fingerprint density at radius 3 is 2.76 bits per heavy atom. The van der Waals surface area contributed by atoms with E-state index in [0.717, 1.165) is 40.4 Å². The van der Waals surface area contributed by atoms with Crippen LogP contribution in [0, 0.1) is 6.92 Å². The van der Waals surface area contributed by atoms with Crippen molar-refractivity contribution in [3.63, 3.8) is 0 Å². The van der Waals surface area contributed by atoms with Gasteiger partial charge in [0.05, 0.1) is 9.86 Å². The molecule has 0 spiro atoms. The van der Waals surface area contributed by atoms with Gasteiger partial charge in [-0.1, -0.05) is 25.0 Å². The average molecular weight is 295 g/mol. The molecule has 3 heteroatoms. The lowest BCUT2D eigenvalue weighted by molar-refractivity contribution is 0.456. The van der Waals surface area contributed by atoms with E-state index in [1.165, 1.54) is 0 Å². The zero-order valence-electron chi connectivity index (χ0n) is 10.0. The van der Waals surface area contributed by atoms with Gasteiger partial charge in [-0.25, -0.2) is 4.79 Å². The van der Waals surface area contributed by atoms with Gasteiger partial charge in [0, 0.05) is 11.8 Å². The molecule has 1 aromatic heterocycles. The Hall–Kier alpha value is -1.09. The summed E-state index contributed by atoms with van der Waals surface area (Å²) in [5.74, 6) is 0.759. The second-order valence-corrected chi connectivity index (χ2v) is 5.07. The number of benzene rings is 1. The highest BCUT2D eigenvalue weighted by atomic mass is 79.9. The Labute approximate surface area is 109 Å². The summed E-state index contributed by atoms with van der Waals surface area (Å²) in [4.78, 5) is 11.8. The van der Waals surface area contributed by atoms with Crippen molar-refractivity contribution in [2.75, 3.05) is 0 Å². The normalized spacial score (nSPS) is 11.0. The van der Waals surface area contributed by atoms with E-state index in [1.807, 2.05) is 25.1 Å². The summed E-state index contributed by atoms with van der Waals surface area (Å²) in [5, 5.41) is 1.59. The molecule has 0 bridgehead atoms. The highest BCUT2D eigenvalue weighted by Gasteiger charge is 2.11. The molecule has 0 saturated carbocycles. The van der Waals surface area contributed by atoms with Crippen LogP contribution >= 0.6 is 15.9 Å². The summed E-state index contributed by atoms with van der Waals surface area (Å²) < 4.78 is 6.28. The second-order valence-electron chi connectivity index (χ2n) is 4.28. The van der Waals surface area contributed by atoms with E-state index in [-0.39, 0.29) is 5.63 Å². The third-order valence-corrected chi connectivity index (χ3v) is 3.72. The summed E-state index contributed by atoms with van der Waals surface area (Å²) in [7, 11) is 0. The van der Waals surface area contributed by atoms with Gasteiger partial charge in [0.1, 0.15) is 5.76 Å². The van der Waals surface area contributed by atoms with Crippen LogP contribution in [0.15, 0.2) is 31.9 Å². The molecule has 0 amide bonds. The summed E-state index contributed by atoms with van der Waals surface area (Å²) in [6.45, 7) is 4.14. The number of fused-ring (bicyclic) bond motifs is 1. The van der Waals surface area contributed by atoms with Gasteiger partial charge in [0.25, 0.3) is 0 Å². The largest absolute Gasteiger partial charge is 0.426 e. The molecule has 0 unspecified atom stereocenters. The minimum Gasteiger partial charge on any atom is -0.426 e. The van der Waals surface area contributed by atoms with Crippen molar-refractivity contribution in [3.05, 3.63) is 44.4 Å². The van der Waals surface area contributed by atoms with Gasteiger partial charge in [-0.3, -0.25) is 0 Å². The van der Waals surface area contributed by atoms with Gasteiger partial charge in [-0.15, -0.1) is 0 Å². The molecule has 2 nitrogen and oxygen atoms in total. The van der Waals surface area contributed by atoms with Gasteiger partial charge in [-0.05, 0) is 41.4 Å². The smallest absolute Gasteiger partial charge is 0.343 e. The number of hydrogen-bond acceptors (Lipinski definition) is 2. The van der Waals surface area contributed by atoms with Crippen LogP contribution in [-0.4, -0.2) is 0 Å². The molecule has 0 aliphatic heterocycles. The predicted molar refractivity (Wildman–Crippen MR) is 73.5 cm³/mol. The maximum atomic E-state index is 11.8. The molecule has 0 N–H and O–H groups in total. The standard InChI is InChI=1S/C14H15BrO2/c1-3-4-5-12-13(15)11-8-9(2)6-7-10(11)14(16)17-12/h6-8H,3-5H2,1-2H3. The monoisotopic (exact) mass is 294 g/mol. The zero-order chi connectivity index (χ0) is 12.4. The van der Waals surface area contributed by atoms with Crippen molar-refractivity contribution >= 4 is 26.7 Å². The lowest BCUT2D eigenvalue weighted by Crippen LogP contribution is -2.04. The van der Waals surface area contributed by atoms with Crippen LogP contribution in [0.2, 0.25) is 0 Å². The highest BCUT2D eigenvalue weighted by Crippen LogP contribution is 2.27. The molecule has 1 heterocycles. The third-order valence-electron chi connectivity index (χ3n) is 2.85. The Bertz CT molecular complexity index is 599. The fourth-order valence-electron chi connectivity index (χ4n) is 1.88. The fraction of sp³-hybridized carbons (Fsp3) is 0.357. The number of hydrogen-bond donors (Lipinski definition) is 0. The van der Waals surface area contributed by atoms with Crippen LogP contribution in [0.25, 0.3) is 10.8 Å². The molecule has 2 rings (SSSR count). The average Bonchev–Trinajstić information content (AvgIpc) is 2.32. The molecule has 0 saturated heterocycles. The Kier molecular flexibility index (Phi) is 3.67. The first-order valence-corrected chi connectivity index (χ1v) is 6.64. The first kappa shape index (κ1) is 12.4. The quantitative estimate of drug-likeness (QED) is 0.849. The van der Waals surface area contributed by atoms with E-state index in [1.54, 1.807) is 0 Å². The molecular formula is C14H15BrO2. The van der Waals surface area contributed by atoms with Crippen LogP contribution in [0.1, 0.15) is 31.1 Å². The van der Waals surface area contributed by atoms with E-state index in [4.69, 9.17) is 4.42 Å². The van der Waals surface area contributed by atoms with Crippen molar-refractivity contribution in [2.24, 2.45) is 0 Å². The molecule has 2 aromatic rings. The van der Waals surface area contributed by atoms with Crippen LogP contribution in [0.4, 0.5) is 0 Å². The first-order valence-electron chi connectivity index (χ1n) is 5.85. The molecule has 90 valence electrons. The van der Waals surface area contributed by atoms with Gasteiger partial charge >= 0.3 is 5.63 Å². The topological polar surface area (TPSA) is 30.2 Å². The summed E-state index contributed by atoms with van der Waals surface area (Å²) in [6.07, 6.45) is 2.91. The molecular weight excluding hydrogens is 280 g/mol. The van der Waals surface area contributed by atoms with E-state index < -0.39 is 0 Å². The molecule has 0 atom stereocenters. The van der Waals surface area contributed by atoms with E-state index in [2.05, 4.69) is 22.9 Å². The Balaban J connectivity index is 2.65. The van der Waals surface area contributed by atoms with Crippen molar-refractivity contribution in [1.29, 1.82) is 0 Å². The molecule has 0 radical (unpaired) electrons. The molecule has 1 aromatic carbocycles.